The number of halogens is 1. The molecule has 31 heavy (non-hydrogen) atoms. The van der Waals surface area contributed by atoms with Crippen molar-refractivity contribution in [2.24, 2.45) is 5.92 Å². The van der Waals surface area contributed by atoms with E-state index in [0.29, 0.717) is 22.9 Å². The number of anilines is 1. The van der Waals surface area contributed by atoms with Crippen LogP contribution in [0.5, 0.6) is 5.75 Å². The van der Waals surface area contributed by atoms with E-state index in [9.17, 15) is 9.90 Å². The van der Waals surface area contributed by atoms with Crippen molar-refractivity contribution in [1.29, 1.82) is 0 Å². The Balaban J connectivity index is 1.47. The highest BCUT2D eigenvalue weighted by atomic mass is 35.5. The molecule has 1 N–H and O–H groups in total. The Hall–Kier alpha value is -1.50. The van der Waals surface area contributed by atoms with Crippen LogP contribution in [-0.2, 0) is 4.74 Å². The summed E-state index contributed by atoms with van der Waals surface area (Å²) in [5, 5.41) is 10.0. The van der Waals surface area contributed by atoms with E-state index in [0.717, 1.165) is 57.0 Å². The summed E-state index contributed by atoms with van der Waals surface area (Å²) in [6.45, 7) is 8.98. The zero-order chi connectivity index (χ0) is 22.0. The second-order valence-corrected chi connectivity index (χ2v) is 9.70. The normalized spacial score (nSPS) is 25.8. The SMILES string of the molecule is CCN(c1cc(O[C@H]2C[C@H](N3CCC(C)CC3)C2)cc(C(=O)O)c1Cl)C1CCOCC1. The molecule has 2 heterocycles. The summed E-state index contributed by atoms with van der Waals surface area (Å²) in [4.78, 5) is 16.7. The van der Waals surface area contributed by atoms with Crippen LogP contribution in [0.1, 0.15) is 62.7 Å². The predicted octanol–water partition coefficient (Wildman–Crippen LogP) is 4.69. The first-order valence-electron chi connectivity index (χ1n) is 11.8. The fraction of sp³-hybridized carbons (Fsp3) is 0.708. The van der Waals surface area contributed by atoms with Gasteiger partial charge in [0.2, 0.25) is 0 Å². The molecule has 6 nitrogen and oxygen atoms in total. The second kappa shape index (κ2) is 9.97. The van der Waals surface area contributed by atoms with Crippen molar-refractivity contribution in [3.05, 3.63) is 22.7 Å². The summed E-state index contributed by atoms with van der Waals surface area (Å²) in [5.74, 6) is 0.425. The number of nitrogens with zero attached hydrogens (tertiary/aromatic N) is 2. The zero-order valence-corrected chi connectivity index (χ0v) is 19.4. The van der Waals surface area contributed by atoms with E-state index >= 15 is 0 Å². The van der Waals surface area contributed by atoms with Crippen LogP contribution in [-0.4, -0.2) is 67.0 Å². The number of carbonyl (C=O) groups is 1. The second-order valence-electron chi connectivity index (χ2n) is 9.32. The Morgan fingerprint density at radius 2 is 1.90 bits per heavy atom. The Labute approximate surface area is 190 Å². The van der Waals surface area contributed by atoms with Gasteiger partial charge in [-0.25, -0.2) is 4.79 Å². The summed E-state index contributed by atoms with van der Waals surface area (Å²) in [6.07, 6.45) is 6.54. The molecule has 0 radical (unpaired) electrons. The van der Waals surface area contributed by atoms with Gasteiger partial charge >= 0.3 is 5.97 Å². The van der Waals surface area contributed by atoms with E-state index in [-0.39, 0.29) is 11.7 Å². The highest BCUT2D eigenvalue weighted by Gasteiger charge is 2.36. The van der Waals surface area contributed by atoms with Crippen molar-refractivity contribution in [3.63, 3.8) is 0 Å². The number of carboxylic acids is 1. The minimum atomic E-state index is -1.02. The van der Waals surface area contributed by atoms with E-state index < -0.39 is 5.97 Å². The molecule has 3 aliphatic rings. The van der Waals surface area contributed by atoms with Crippen LogP contribution in [0.15, 0.2) is 12.1 Å². The third-order valence-corrected chi connectivity index (χ3v) is 7.64. The van der Waals surface area contributed by atoms with Gasteiger partial charge in [0, 0.05) is 50.8 Å². The van der Waals surface area contributed by atoms with Crippen molar-refractivity contribution in [3.8, 4) is 5.75 Å². The lowest BCUT2D eigenvalue weighted by atomic mass is 9.85. The maximum Gasteiger partial charge on any atom is 0.337 e. The van der Waals surface area contributed by atoms with Crippen LogP contribution in [0.3, 0.4) is 0 Å². The average Bonchev–Trinajstić information content (AvgIpc) is 2.74. The van der Waals surface area contributed by atoms with Gasteiger partial charge in [-0.05, 0) is 57.7 Å². The number of likely N-dealkylation sites (tertiary alicyclic amines) is 1. The summed E-state index contributed by atoms with van der Waals surface area (Å²) < 4.78 is 11.8. The molecule has 1 aliphatic carbocycles. The largest absolute Gasteiger partial charge is 0.490 e. The molecule has 1 aromatic rings. The Morgan fingerprint density at radius 1 is 1.23 bits per heavy atom. The zero-order valence-electron chi connectivity index (χ0n) is 18.7. The van der Waals surface area contributed by atoms with Gasteiger partial charge in [0.25, 0.3) is 0 Å². The van der Waals surface area contributed by atoms with Gasteiger partial charge in [-0.1, -0.05) is 18.5 Å². The van der Waals surface area contributed by atoms with E-state index in [2.05, 4.69) is 23.6 Å². The number of piperidine rings is 1. The molecule has 2 aliphatic heterocycles. The van der Waals surface area contributed by atoms with Crippen LogP contribution in [0.25, 0.3) is 0 Å². The highest BCUT2D eigenvalue weighted by Crippen LogP contribution is 2.39. The highest BCUT2D eigenvalue weighted by molar-refractivity contribution is 6.36. The van der Waals surface area contributed by atoms with Crippen molar-refractivity contribution >= 4 is 23.3 Å². The first-order valence-corrected chi connectivity index (χ1v) is 12.2. The minimum Gasteiger partial charge on any atom is -0.490 e. The Bertz CT molecular complexity index is 769. The lowest BCUT2D eigenvalue weighted by Crippen LogP contribution is -2.51. The van der Waals surface area contributed by atoms with Crippen molar-refractivity contribution < 1.29 is 19.4 Å². The third-order valence-electron chi connectivity index (χ3n) is 7.25. The van der Waals surface area contributed by atoms with Gasteiger partial charge in [0.05, 0.1) is 16.3 Å². The molecule has 1 aromatic carbocycles. The lowest BCUT2D eigenvalue weighted by molar-refractivity contribution is 0.00302. The molecule has 2 saturated heterocycles. The summed E-state index contributed by atoms with van der Waals surface area (Å²) >= 11 is 6.57. The average molecular weight is 451 g/mol. The van der Waals surface area contributed by atoms with Crippen LogP contribution < -0.4 is 9.64 Å². The summed E-state index contributed by atoms with van der Waals surface area (Å²) in [5.41, 5.74) is 0.868. The van der Waals surface area contributed by atoms with Gasteiger partial charge in [-0.3, -0.25) is 0 Å². The lowest BCUT2D eigenvalue weighted by Gasteiger charge is -2.45. The molecule has 1 saturated carbocycles. The summed E-state index contributed by atoms with van der Waals surface area (Å²) in [7, 11) is 0. The number of benzene rings is 1. The van der Waals surface area contributed by atoms with Gasteiger partial charge in [0.1, 0.15) is 11.9 Å². The molecule has 7 heteroatoms. The summed E-state index contributed by atoms with van der Waals surface area (Å²) in [6, 6.07) is 4.41. The Morgan fingerprint density at radius 3 is 2.52 bits per heavy atom. The van der Waals surface area contributed by atoms with Crippen LogP contribution in [0, 0.1) is 5.92 Å². The molecular weight excluding hydrogens is 416 g/mol. The molecule has 172 valence electrons. The molecule has 0 bridgehead atoms. The van der Waals surface area contributed by atoms with E-state index in [1.165, 1.54) is 25.9 Å². The van der Waals surface area contributed by atoms with E-state index in [4.69, 9.17) is 21.1 Å². The van der Waals surface area contributed by atoms with Crippen molar-refractivity contribution in [2.75, 3.05) is 37.7 Å². The molecule has 0 spiro atoms. The molecule has 0 aromatic heterocycles. The number of rotatable bonds is 7. The fourth-order valence-corrected chi connectivity index (χ4v) is 5.45. The number of aromatic carboxylic acids is 1. The number of hydrogen-bond donors (Lipinski definition) is 1. The smallest absolute Gasteiger partial charge is 0.337 e. The van der Waals surface area contributed by atoms with E-state index in [1.807, 2.05) is 6.07 Å². The van der Waals surface area contributed by atoms with Crippen LogP contribution in [0.4, 0.5) is 5.69 Å². The maximum atomic E-state index is 11.9. The predicted molar refractivity (Wildman–Crippen MR) is 123 cm³/mol. The van der Waals surface area contributed by atoms with Gasteiger partial charge in [-0.2, -0.15) is 0 Å². The van der Waals surface area contributed by atoms with Crippen LogP contribution >= 0.6 is 11.6 Å². The number of ether oxygens (including phenoxy) is 2. The fourth-order valence-electron chi connectivity index (χ4n) is 5.16. The van der Waals surface area contributed by atoms with Gasteiger partial charge in [0.15, 0.2) is 0 Å². The molecule has 0 amide bonds. The minimum absolute atomic E-state index is 0.112. The first kappa shape index (κ1) is 22.7. The van der Waals surface area contributed by atoms with E-state index in [1.54, 1.807) is 6.07 Å². The standard InChI is InChI=1S/C24H35ClN2O4/c1-3-27(17-6-10-30-11-7-17)22-15-20(14-21(23(22)25)24(28)29)31-19-12-18(13-19)26-8-4-16(2)5-9-26/h14-19H,3-13H2,1-2H3,(H,28,29)/t18-,19-. The van der Waals surface area contributed by atoms with Gasteiger partial charge in [-0.15, -0.1) is 0 Å². The van der Waals surface area contributed by atoms with Crippen LogP contribution in [0.2, 0.25) is 5.02 Å². The first-order chi connectivity index (χ1) is 15.0. The van der Waals surface area contributed by atoms with Crippen molar-refractivity contribution in [1.82, 2.24) is 4.90 Å². The van der Waals surface area contributed by atoms with Gasteiger partial charge < -0.3 is 24.4 Å². The molecule has 0 atom stereocenters. The molecule has 4 rings (SSSR count). The molecule has 3 fully saturated rings. The van der Waals surface area contributed by atoms with Crippen molar-refractivity contribution in [2.45, 2.75) is 70.6 Å². The molecule has 0 unspecified atom stereocenters. The Kier molecular flexibility index (Phi) is 7.29. The number of hydrogen-bond acceptors (Lipinski definition) is 5. The quantitative estimate of drug-likeness (QED) is 0.650. The third kappa shape index (κ3) is 5.12. The number of carboxylic acid groups (broad SMARTS) is 1. The topological polar surface area (TPSA) is 62.2 Å². The monoisotopic (exact) mass is 450 g/mol. The maximum absolute atomic E-state index is 11.9. The molecular formula is C24H35ClN2O4.